The number of likely N-dealkylation sites (N-methyl/N-ethyl adjacent to an activating group) is 1. The summed E-state index contributed by atoms with van der Waals surface area (Å²) in [6.07, 6.45) is 0. The molecule has 0 unspecified atom stereocenters. The predicted octanol–water partition coefficient (Wildman–Crippen LogP) is 1.04. The number of nitrogens with zero attached hydrogens (tertiary/aromatic N) is 2. The van der Waals surface area contributed by atoms with Crippen LogP contribution in [0.2, 0.25) is 0 Å². The molecule has 3 N–H and O–H groups in total. The number of aromatic nitrogens is 1. The summed E-state index contributed by atoms with van der Waals surface area (Å²) >= 11 is 1.48. The number of amides is 2. The fourth-order valence-corrected chi connectivity index (χ4v) is 1.91. The van der Waals surface area contributed by atoms with Gasteiger partial charge in [-0.05, 0) is 5.92 Å². The lowest BCUT2D eigenvalue weighted by molar-refractivity contribution is -0.132. The van der Waals surface area contributed by atoms with Crippen LogP contribution in [0.3, 0.4) is 0 Å². The summed E-state index contributed by atoms with van der Waals surface area (Å²) in [4.78, 5) is 29.0. The number of hydrogen-bond acceptors (Lipinski definition) is 5. The van der Waals surface area contributed by atoms with Crippen molar-refractivity contribution in [1.29, 1.82) is 0 Å². The lowest BCUT2D eigenvalue weighted by Gasteiger charge is -2.18. The maximum Gasteiger partial charge on any atom is 0.242 e. The molecule has 2 amide bonds. The topological polar surface area (TPSA) is 88.3 Å². The summed E-state index contributed by atoms with van der Waals surface area (Å²) in [5.74, 6) is -0.425. The molecular formula is C12H22Cl2N4O2S. The Hall–Kier alpha value is -0.890. The normalized spacial score (nSPS) is 11.1. The van der Waals surface area contributed by atoms with Gasteiger partial charge in [-0.15, -0.1) is 36.2 Å². The highest BCUT2D eigenvalue weighted by atomic mass is 35.5. The first-order valence-corrected chi connectivity index (χ1v) is 7.00. The summed E-state index contributed by atoms with van der Waals surface area (Å²) in [6, 6.07) is -0.586. The number of nitrogens with one attached hydrogen (secondary N) is 1. The van der Waals surface area contributed by atoms with E-state index >= 15 is 0 Å². The minimum Gasteiger partial charge on any atom is -0.346 e. The number of nitrogens with two attached hydrogens (primary N) is 1. The van der Waals surface area contributed by atoms with Crippen LogP contribution in [-0.4, -0.2) is 41.3 Å². The van der Waals surface area contributed by atoms with Gasteiger partial charge in [0.05, 0.1) is 30.3 Å². The van der Waals surface area contributed by atoms with Gasteiger partial charge in [0, 0.05) is 12.4 Å². The highest BCUT2D eigenvalue weighted by molar-refractivity contribution is 7.07. The lowest BCUT2D eigenvalue weighted by atomic mass is 10.1. The summed E-state index contributed by atoms with van der Waals surface area (Å²) in [5, 5.41) is 4.44. The van der Waals surface area contributed by atoms with E-state index in [4.69, 9.17) is 5.73 Å². The third-order valence-corrected chi connectivity index (χ3v) is 3.38. The fourth-order valence-electron chi connectivity index (χ4n) is 1.37. The van der Waals surface area contributed by atoms with Crippen molar-refractivity contribution in [2.75, 3.05) is 13.6 Å². The van der Waals surface area contributed by atoms with Gasteiger partial charge in [0.15, 0.2) is 0 Å². The van der Waals surface area contributed by atoms with E-state index in [9.17, 15) is 9.59 Å². The largest absolute Gasteiger partial charge is 0.346 e. The van der Waals surface area contributed by atoms with Crippen LogP contribution in [0.15, 0.2) is 10.9 Å². The molecule has 0 aliphatic heterocycles. The number of carbonyl (C=O) groups is 2. The molecule has 1 aromatic heterocycles. The molecule has 122 valence electrons. The van der Waals surface area contributed by atoms with E-state index in [1.807, 2.05) is 19.2 Å². The van der Waals surface area contributed by atoms with Crippen LogP contribution in [0, 0.1) is 5.92 Å². The molecule has 0 radical (unpaired) electrons. The van der Waals surface area contributed by atoms with E-state index in [2.05, 4.69) is 10.3 Å². The quantitative estimate of drug-likeness (QED) is 0.796. The van der Waals surface area contributed by atoms with E-state index < -0.39 is 6.04 Å². The Morgan fingerprint density at radius 3 is 2.52 bits per heavy atom. The molecule has 1 aromatic rings. The first-order chi connectivity index (χ1) is 8.91. The van der Waals surface area contributed by atoms with Crippen LogP contribution >= 0.6 is 36.2 Å². The van der Waals surface area contributed by atoms with Crippen molar-refractivity contribution in [3.63, 3.8) is 0 Å². The fraction of sp³-hybridized carbons (Fsp3) is 0.583. The predicted molar refractivity (Wildman–Crippen MR) is 88.9 cm³/mol. The summed E-state index contributed by atoms with van der Waals surface area (Å²) < 4.78 is 0. The van der Waals surface area contributed by atoms with Gasteiger partial charge in [-0.1, -0.05) is 13.8 Å². The standard InChI is InChI=1S/C12H20N4O2S.2ClH/c1-8(2)11(13)12(18)14-4-10(17)16(3)5-9-6-19-7-15-9;;/h6-8,11H,4-5,13H2,1-3H3,(H,14,18);2*1H/t11-;;/m0../s1. The van der Waals surface area contributed by atoms with Crippen LogP contribution in [0.1, 0.15) is 19.5 Å². The average molecular weight is 357 g/mol. The summed E-state index contributed by atoms with van der Waals surface area (Å²) in [5.41, 5.74) is 8.24. The zero-order valence-corrected chi connectivity index (χ0v) is 14.7. The Morgan fingerprint density at radius 2 is 2.05 bits per heavy atom. The lowest BCUT2D eigenvalue weighted by Crippen LogP contribution is -2.47. The van der Waals surface area contributed by atoms with Crippen molar-refractivity contribution in [2.24, 2.45) is 11.7 Å². The minimum atomic E-state index is -0.586. The number of rotatable bonds is 6. The Kier molecular flexibility index (Phi) is 11.5. The van der Waals surface area contributed by atoms with E-state index in [1.165, 1.54) is 16.2 Å². The maximum absolute atomic E-state index is 11.8. The van der Waals surface area contributed by atoms with Gasteiger partial charge >= 0.3 is 0 Å². The van der Waals surface area contributed by atoms with Gasteiger partial charge in [-0.3, -0.25) is 9.59 Å². The smallest absolute Gasteiger partial charge is 0.242 e. The first-order valence-electron chi connectivity index (χ1n) is 6.06. The van der Waals surface area contributed by atoms with Gasteiger partial charge in [0.25, 0.3) is 0 Å². The van der Waals surface area contributed by atoms with Crippen molar-refractivity contribution in [1.82, 2.24) is 15.2 Å². The Bertz CT molecular complexity index is 429. The van der Waals surface area contributed by atoms with E-state index in [0.29, 0.717) is 6.54 Å². The van der Waals surface area contributed by atoms with Gasteiger partial charge in [0.1, 0.15) is 0 Å². The summed E-state index contributed by atoms with van der Waals surface area (Å²) in [7, 11) is 1.68. The minimum absolute atomic E-state index is 0. The zero-order valence-electron chi connectivity index (χ0n) is 12.2. The molecule has 1 heterocycles. The third-order valence-electron chi connectivity index (χ3n) is 2.74. The average Bonchev–Trinajstić information content (AvgIpc) is 2.86. The molecule has 9 heteroatoms. The second-order valence-electron chi connectivity index (χ2n) is 4.72. The van der Waals surface area contributed by atoms with E-state index in [0.717, 1.165) is 5.69 Å². The van der Waals surface area contributed by atoms with Crippen molar-refractivity contribution in [3.05, 3.63) is 16.6 Å². The van der Waals surface area contributed by atoms with Crippen LogP contribution in [-0.2, 0) is 16.1 Å². The van der Waals surface area contributed by atoms with Crippen molar-refractivity contribution >= 4 is 48.0 Å². The molecule has 1 atom stereocenters. The van der Waals surface area contributed by atoms with E-state index in [-0.39, 0.29) is 49.1 Å². The van der Waals surface area contributed by atoms with Gasteiger partial charge in [-0.25, -0.2) is 4.98 Å². The number of halogens is 2. The summed E-state index contributed by atoms with van der Waals surface area (Å²) in [6.45, 7) is 4.12. The second-order valence-corrected chi connectivity index (χ2v) is 5.44. The van der Waals surface area contributed by atoms with Gasteiger partial charge in [-0.2, -0.15) is 0 Å². The highest BCUT2D eigenvalue weighted by Crippen LogP contribution is 2.04. The van der Waals surface area contributed by atoms with Crippen molar-refractivity contribution in [2.45, 2.75) is 26.4 Å². The molecule has 0 saturated heterocycles. The molecule has 0 fully saturated rings. The monoisotopic (exact) mass is 356 g/mol. The molecule has 0 aliphatic carbocycles. The van der Waals surface area contributed by atoms with Crippen LogP contribution in [0.25, 0.3) is 0 Å². The molecular weight excluding hydrogens is 335 g/mol. The molecule has 0 spiro atoms. The highest BCUT2D eigenvalue weighted by Gasteiger charge is 2.18. The first kappa shape index (κ1) is 22.4. The SMILES string of the molecule is CC(C)[C@H](N)C(=O)NCC(=O)N(C)Cc1cscn1.Cl.Cl. The Labute approximate surface area is 141 Å². The van der Waals surface area contributed by atoms with Gasteiger partial charge in [0.2, 0.25) is 11.8 Å². The molecule has 0 aromatic carbocycles. The molecule has 1 rings (SSSR count). The molecule has 0 aliphatic rings. The van der Waals surface area contributed by atoms with Crippen molar-refractivity contribution < 1.29 is 9.59 Å². The molecule has 0 saturated carbocycles. The van der Waals surface area contributed by atoms with Crippen LogP contribution in [0.5, 0.6) is 0 Å². The zero-order chi connectivity index (χ0) is 14.4. The molecule has 6 nitrogen and oxygen atoms in total. The van der Waals surface area contributed by atoms with E-state index in [1.54, 1.807) is 12.6 Å². The Balaban J connectivity index is 0. The second kappa shape index (κ2) is 10.8. The maximum atomic E-state index is 11.8. The number of carbonyl (C=O) groups excluding carboxylic acids is 2. The molecule has 21 heavy (non-hydrogen) atoms. The van der Waals surface area contributed by atoms with Crippen LogP contribution in [0.4, 0.5) is 0 Å². The number of thiazole rings is 1. The van der Waals surface area contributed by atoms with Crippen molar-refractivity contribution in [3.8, 4) is 0 Å². The van der Waals surface area contributed by atoms with Gasteiger partial charge < -0.3 is 16.0 Å². The number of hydrogen-bond donors (Lipinski definition) is 2. The van der Waals surface area contributed by atoms with Crippen LogP contribution < -0.4 is 11.1 Å². The third kappa shape index (κ3) is 7.61. The Morgan fingerprint density at radius 1 is 1.43 bits per heavy atom. The molecule has 0 bridgehead atoms.